The lowest BCUT2D eigenvalue weighted by molar-refractivity contribution is 0.0963. The summed E-state index contributed by atoms with van der Waals surface area (Å²) < 4.78 is 5.23. The molecule has 0 bridgehead atoms. The predicted octanol–water partition coefficient (Wildman–Crippen LogP) is 1.52. The molecule has 1 unspecified atom stereocenters. The highest BCUT2D eigenvalue weighted by Gasteiger charge is 2.11. The number of hydrogen-bond donors (Lipinski definition) is 3. The number of nitrogens with two attached hydrogens (primary N) is 1. The summed E-state index contributed by atoms with van der Waals surface area (Å²) in [6.07, 6.45) is 1.91. The van der Waals surface area contributed by atoms with E-state index in [1.54, 1.807) is 14.2 Å². The van der Waals surface area contributed by atoms with Gasteiger partial charge in [0.2, 0.25) is 0 Å². The molecular weight excluding hydrogens is 254 g/mol. The lowest BCUT2D eigenvalue weighted by atomic mass is 10.1. The predicted molar refractivity (Wildman–Crippen MR) is 82.1 cm³/mol. The van der Waals surface area contributed by atoms with Gasteiger partial charge in [0.15, 0.2) is 0 Å². The Hall–Kier alpha value is -1.59. The molecule has 5 nitrogen and oxygen atoms in total. The second kappa shape index (κ2) is 8.55. The molecule has 5 heteroatoms. The molecule has 0 saturated carbocycles. The fourth-order valence-electron chi connectivity index (χ4n) is 2.09. The zero-order valence-corrected chi connectivity index (χ0v) is 12.5. The van der Waals surface area contributed by atoms with Gasteiger partial charge in [-0.1, -0.05) is 0 Å². The van der Waals surface area contributed by atoms with Crippen molar-refractivity contribution >= 4 is 11.6 Å². The van der Waals surface area contributed by atoms with Gasteiger partial charge >= 0.3 is 0 Å². The quantitative estimate of drug-likeness (QED) is 0.674. The van der Waals surface area contributed by atoms with Crippen molar-refractivity contribution in [1.29, 1.82) is 0 Å². The average molecular weight is 279 g/mol. The lowest BCUT2D eigenvalue weighted by Gasteiger charge is -2.20. The zero-order chi connectivity index (χ0) is 15.0. The van der Waals surface area contributed by atoms with E-state index in [4.69, 9.17) is 10.5 Å². The molecule has 0 aliphatic rings. The molecule has 1 rings (SSSR count). The van der Waals surface area contributed by atoms with Crippen molar-refractivity contribution in [3.63, 3.8) is 0 Å². The van der Waals surface area contributed by atoms with Crippen LogP contribution >= 0.6 is 0 Å². The molecule has 0 radical (unpaired) electrons. The molecule has 0 spiro atoms. The Kier molecular flexibility index (Phi) is 7.04. The summed E-state index contributed by atoms with van der Waals surface area (Å²) in [6, 6.07) is 5.87. The van der Waals surface area contributed by atoms with Gasteiger partial charge in [-0.25, -0.2) is 0 Å². The van der Waals surface area contributed by atoms with Crippen LogP contribution in [0.4, 0.5) is 5.69 Å². The normalized spacial score (nSPS) is 12.0. The zero-order valence-electron chi connectivity index (χ0n) is 12.5. The Bertz CT molecular complexity index is 435. The first kappa shape index (κ1) is 16.5. The maximum Gasteiger partial charge on any atom is 0.251 e. The minimum absolute atomic E-state index is 0.0729. The van der Waals surface area contributed by atoms with Crippen molar-refractivity contribution in [2.75, 3.05) is 32.6 Å². The van der Waals surface area contributed by atoms with Crippen LogP contribution in [-0.2, 0) is 4.74 Å². The minimum Gasteiger partial charge on any atom is -0.383 e. The van der Waals surface area contributed by atoms with Crippen LogP contribution in [0.25, 0.3) is 0 Å². The van der Waals surface area contributed by atoms with Crippen molar-refractivity contribution in [1.82, 2.24) is 5.32 Å². The second-order valence-electron chi connectivity index (χ2n) is 4.84. The third-order valence-corrected chi connectivity index (χ3v) is 3.20. The van der Waals surface area contributed by atoms with E-state index in [1.807, 2.05) is 25.1 Å². The number of carbonyl (C=O) groups is 1. The van der Waals surface area contributed by atoms with Crippen LogP contribution in [0.5, 0.6) is 0 Å². The van der Waals surface area contributed by atoms with Crippen LogP contribution in [0, 0.1) is 6.92 Å². The molecule has 1 atom stereocenters. The molecule has 1 aromatic rings. The number of methoxy groups -OCH3 is 1. The van der Waals surface area contributed by atoms with Gasteiger partial charge in [-0.05, 0) is 50.1 Å². The van der Waals surface area contributed by atoms with Gasteiger partial charge in [0.1, 0.15) is 0 Å². The maximum absolute atomic E-state index is 11.6. The van der Waals surface area contributed by atoms with E-state index in [0.717, 1.165) is 24.1 Å². The molecular formula is C15H25N3O2. The van der Waals surface area contributed by atoms with E-state index >= 15 is 0 Å². The van der Waals surface area contributed by atoms with E-state index in [9.17, 15) is 4.79 Å². The maximum atomic E-state index is 11.6. The van der Waals surface area contributed by atoms with Crippen molar-refractivity contribution in [3.8, 4) is 0 Å². The van der Waals surface area contributed by atoms with Gasteiger partial charge < -0.3 is 21.1 Å². The highest BCUT2D eigenvalue weighted by molar-refractivity contribution is 5.94. The third-order valence-electron chi connectivity index (χ3n) is 3.20. The van der Waals surface area contributed by atoms with Crippen LogP contribution < -0.4 is 16.4 Å². The highest BCUT2D eigenvalue weighted by Crippen LogP contribution is 2.18. The van der Waals surface area contributed by atoms with E-state index < -0.39 is 0 Å². The SMILES string of the molecule is CNC(=O)c1ccc(NC(CCCN)COC)c(C)c1. The highest BCUT2D eigenvalue weighted by atomic mass is 16.5. The van der Waals surface area contributed by atoms with Crippen LogP contribution in [-0.4, -0.2) is 39.3 Å². The standard InChI is InChI=1S/C15H25N3O2/c1-11-9-12(15(19)17-2)6-7-14(11)18-13(10-20-3)5-4-8-16/h6-7,9,13,18H,4-5,8,10,16H2,1-3H3,(H,17,19). The molecule has 0 aliphatic carbocycles. The summed E-state index contributed by atoms with van der Waals surface area (Å²) in [6.45, 7) is 3.30. The smallest absolute Gasteiger partial charge is 0.251 e. The number of amides is 1. The molecule has 0 aromatic heterocycles. The van der Waals surface area contributed by atoms with Crippen molar-refractivity contribution in [2.45, 2.75) is 25.8 Å². The Morgan fingerprint density at radius 1 is 1.45 bits per heavy atom. The molecule has 112 valence electrons. The number of ether oxygens (including phenoxy) is 1. The Balaban J connectivity index is 2.77. The number of carbonyl (C=O) groups excluding carboxylic acids is 1. The number of nitrogens with one attached hydrogen (secondary N) is 2. The average Bonchev–Trinajstić information content (AvgIpc) is 2.46. The first-order valence-corrected chi connectivity index (χ1v) is 6.90. The van der Waals surface area contributed by atoms with Crippen molar-refractivity contribution in [2.24, 2.45) is 5.73 Å². The summed E-state index contributed by atoms with van der Waals surface area (Å²) in [5.74, 6) is -0.0729. The van der Waals surface area contributed by atoms with Crippen molar-refractivity contribution in [3.05, 3.63) is 29.3 Å². The minimum atomic E-state index is -0.0729. The number of anilines is 1. The summed E-state index contributed by atoms with van der Waals surface area (Å²) in [7, 11) is 3.32. The summed E-state index contributed by atoms with van der Waals surface area (Å²) in [4.78, 5) is 11.6. The molecule has 0 fully saturated rings. The fraction of sp³-hybridized carbons (Fsp3) is 0.533. The monoisotopic (exact) mass is 279 g/mol. The largest absolute Gasteiger partial charge is 0.383 e. The third kappa shape index (κ3) is 4.83. The fourth-order valence-corrected chi connectivity index (χ4v) is 2.09. The number of rotatable bonds is 8. The van der Waals surface area contributed by atoms with Crippen molar-refractivity contribution < 1.29 is 9.53 Å². The van der Waals surface area contributed by atoms with Gasteiger partial charge in [-0.15, -0.1) is 0 Å². The Morgan fingerprint density at radius 2 is 2.20 bits per heavy atom. The molecule has 4 N–H and O–H groups in total. The Labute approximate surface area is 120 Å². The summed E-state index contributed by atoms with van der Waals surface area (Å²) in [5, 5.41) is 6.08. The Morgan fingerprint density at radius 3 is 2.75 bits per heavy atom. The van der Waals surface area contributed by atoms with Crippen LogP contribution in [0.1, 0.15) is 28.8 Å². The topological polar surface area (TPSA) is 76.4 Å². The van der Waals surface area contributed by atoms with Gasteiger partial charge in [-0.2, -0.15) is 0 Å². The molecule has 20 heavy (non-hydrogen) atoms. The van der Waals surface area contributed by atoms with Gasteiger partial charge in [0, 0.05) is 31.5 Å². The number of hydrogen-bond acceptors (Lipinski definition) is 4. The van der Waals surface area contributed by atoms with Crippen LogP contribution in [0.15, 0.2) is 18.2 Å². The molecule has 1 aromatic carbocycles. The molecule has 0 aliphatic heterocycles. The van der Waals surface area contributed by atoms with Crippen LogP contribution in [0.2, 0.25) is 0 Å². The summed E-state index contributed by atoms with van der Waals surface area (Å²) in [5.41, 5.74) is 8.29. The first-order valence-electron chi connectivity index (χ1n) is 6.90. The lowest BCUT2D eigenvalue weighted by Crippen LogP contribution is -2.26. The number of aryl methyl sites for hydroxylation is 1. The molecule has 1 amide bonds. The van der Waals surface area contributed by atoms with Gasteiger partial charge in [0.05, 0.1) is 6.61 Å². The van der Waals surface area contributed by atoms with E-state index in [2.05, 4.69) is 10.6 Å². The van der Waals surface area contributed by atoms with E-state index in [-0.39, 0.29) is 11.9 Å². The molecule has 0 heterocycles. The van der Waals surface area contributed by atoms with Gasteiger partial charge in [0.25, 0.3) is 5.91 Å². The first-order chi connectivity index (χ1) is 9.62. The van der Waals surface area contributed by atoms with E-state index in [0.29, 0.717) is 18.7 Å². The molecule has 0 saturated heterocycles. The van der Waals surface area contributed by atoms with E-state index in [1.165, 1.54) is 0 Å². The van der Waals surface area contributed by atoms with Gasteiger partial charge in [-0.3, -0.25) is 4.79 Å². The number of benzene rings is 1. The second-order valence-corrected chi connectivity index (χ2v) is 4.84. The van der Waals surface area contributed by atoms with Crippen LogP contribution in [0.3, 0.4) is 0 Å². The summed E-state index contributed by atoms with van der Waals surface area (Å²) >= 11 is 0.